The average Bonchev–Trinajstić information content (AvgIpc) is 2.32. The van der Waals surface area contributed by atoms with Gasteiger partial charge >= 0.3 is 0 Å². The molecule has 0 amide bonds. The van der Waals surface area contributed by atoms with Gasteiger partial charge in [-0.25, -0.2) is 4.98 Å². The van der Waals surface area contributed by atoms with E-state index in [4.69, 9.17) is 4.74 Å². The minimum atomic E-state index is -0.666. The molecule has 0 unspecified atom stereocenters. The maximum absolute atomic E-state index is 10.3. The summed E-state index contributed by atoms with van der Waals surface area (Å²) < 4.78 is 6.24. The normalized spacial score (nSPS) is 19.0. The van der Waals surface area contributed by atoms with Crippen molar-refractivity contribution in [1.29, 1.82) is 0 Å². The number of hydrogen-bond donors (Lipinski definition) is 2. The standard InChI is InChI=1S/C12H17BrN2O2/c1-9-6-11(14-7-10(9)13)15-8-12(16)2-4-17-5-3-12/h6-7,16H,2-5,8H2,1H3,(H,14,15). The summed E-state index contributed by atoms with van der Waals surface area (Å²) in [6.07, 6.45) is 3.12. The molecule has 0 atom stereocenters. The summed E-state index contributed by atoms with van der Waals surface area (Å²) in [4.78, 5) is 4.25. The zero-order valence-corrected chi connectivity index (χ0v) is 11.5. The predicted octanol–water partition coefficient (Wildman–Crippen LogP) is 2.11. The van der Waals surface area contributed by atoms with Gasteiger partial charge in [0.1, 0.15) is 5.82 Å². The molecular formula is C12H17BrN2O2. The molecule has 1 saturated heterocycles. The van der Waals surface area contributed by atoms with Gasteiger partial charge in [-0.05, 0) is 34.5 Å². The highest BCUT2D eigenvalue weighted by atomic mass is 79.9. The highest BCUT2D eigenvalue weighted by molar-refractivity contribution is 9.10. The minimum Gasteiger partial charge on any atom is -0.388 e. The number of hydrogen-bond acceptors (Lipinski definition) is 4. The van der Waals surface area contributed by atoms with Crippen molar-refractivity contribution >= 4 is 21.7 Å². The van der Waals surface area contributed by atoms with E-state index in [1.807, 2.05) is 13.0 Å². The molecule has 5 heteroatoms. The smallest absolute Gasteiger partial charge is 0.126 e. The summed E-state index contributed by atoms with van der Waals surface area (Å²) in [5, 5.41) is 13.5. The Bertz CT molecular complexity index is 392. The Balaban J connectivity index is 1.94. The van der Waals surface area contributed by atoms with Gasteiger partial charge in [0.05, 0.1) is 5.60 Å². The number of pyridine rings is 1. The number of halogens is 1. The van der Waals surface area contributed by atoms with Crippen LogP contribution in [0.25, 0.3) is 0 Å². The van der Waals surface area contributed by atoms with Gasteiger partial charge in [0.15, 0.2) is 0 Å². The van der Waals surface area contributed by atoms with Crippen LogP contribution in [-0.2, 0) is 4.74 Å². The molecule has 0 spiro atoms. The second-order valence-electron chi connectivity index (χ2n) is 4.51. The molecule has 2 N–H and O–H groups in total. The molecule has 0 aromatic carbocycles. The van der Waals surface area contributed by atoms with Gasteiger partial charge in [-0.15, -0.1) is 0 Å². The van der Waals surface area contributed by atoms with Gasteiger partial charge in [0, 0.05) is 43.3 Å². The largest absolute Gasteiger partial charge is 0.388 e. The molecule has 1 aliphatic rings. The highest BCUT2D eigenvalue weighted by Crippen LogP contribution is 2.22. The number of aromatic nitrogens is 1. The molecule has 0 aliphatic carbocycles. The maximum atomic E-state index is 10.3. The van der Waals surface area contributed by atoms with Crippen LogP contribution in [0.3, 0.4) is 0 Å². The van der Waals surface area contributed by atoms with Crippen molar-refractivity contribution in [3.8, 4) is 0 Å². The Morgan fingerprint density at radius 2 is 2.24 bits per heavy atom. The number of nitrogens with zero attached hydrogens (tertiary/aromatic N) is 1. The molecule has 17 heavy (non-hydrogen) atoms. The Hall–Kier alpha value is -0.650. The monoisotopic (exact) mass is 300 g/mol. The van der Waals surface area contributed by atoms with Crippen LogP contribution in [0, 0.1) is 6.92 Å². The number of anilines is 1. The van der Waals surface area contributed by atoms with Crippen molar-refractivity contribution in [1.82, 2.24) is 4.98 Å². The van der Waals surface area contributed by atoms with Crippen LogP contribution in [0.2, 0.25) is 0 Å². The van der Waals surface area contributed by atoms with E-state index in [0.29, 0.717) is 32.6 Å². The molecule has 0 saturated carbocycles. The summed E-state index contributed by atoms with van der Waals surface area (Å²) in [5.74, 6) is 0.797. The molecule has 4 nitrogen and oxygen atoms in total. The van der Waals surface area contributed by atoms with E-state index in [9.17, 15) is 5.11 Å². The summed E-state index contributed by atoms with van der Waals surface area (Å²) >= 11 is 3.41. The van der Waals surface area contributed by atoms with Gasteiger partial charge in [-0.3, -0.25) is 0 Å². The number of aliphatic hydroxyl groups is 1. The van der Waals surface area contributed by atoms with Crippen LogP contribution < -0.4 is 5.32 Å². The lowest BCUT2D eigenvalue weighted by atomic mass is 9.94. The Labute approximate surface area is 110 Å². The predicted molar refractivity (Wildman–Crippen MR) is 70.2 cm³/mol. The van der Waals surface area contributed by atoms with Crippen LogP contribution in [0.5, 0.6) is 0 Å². The van der Waals surface area contributed by atoms with Crippen molar-refractivity contribution in [3.05, 3.63) is 22.3 Å². The molecule has 1 fully saturated rings. The first-order valence-electron chi connectivity index (χ1n) is 5.75. The molecule has 2 heterocycles. The SMILES string of the molecule is Cc1cc(NCC2(O)CCOCC2)ncc1Br. The lowest BCUT2D eigenvalue weighted by Crippen LogP contribution is -2.42. The first-order valence-corrected chi connectivity index (χ1v) is 6.54. The Morgan fingerprint density at radius 3 is 2.88 bits per heavy atom. The molecule has 2 rings (SSSR count). The number of nitrogens with one attached hydrogen (secondary N) is 1. The number of aryl methyl sites for hydroxylation is 1. The third-order valence-corrected chi connectivity index (χ3v) is 3.90. The number of rotatable bonds is 3. The first-order chi connectivity index (χ1) is 8.09. The Morgan fingerprint density at radius 1 is 1.53 bits per heavy atom. The fourth-order valence-electron chi connectivity index (χ4n) is 1.82. The van der Waals surface area contributed by atoms with Crippen molar-refractivity contribution in [2.75, 3.05) is 25.1 Å². The third-order valence-electron chi connectivity index (χ3n) is 3.07. The highest BCUT2D eigenvalue weighted by Gasteiger charge is 2.29. The average molecular weight is 301 g/mol. The lowest BCUT2D eigenvalue weighted by molar-refractivity contribution is -0.0543. The quantitative estimate of drug-likeness (QED) is 0.898. The van der Waals surface area contributed by atoms with E-state index in [2.05, 4.69) is 26.2 Å². The van der Waals surface area contributed by atoms with Crippen LogP contribution in [0.15, 0.2) is 16.7 Å². The minimum absolute atomic E-state index is 0.518. The van der Waals surface area contributed by atoms with Crippen molar-refractivity contribution in [3.63, 3.8) is 0 Å². The fourth-order valence-corrected chi connectivity index (χ4v) is 2.04. The van der Waals surface area contributed by atoms with Crippen LogP contribution in [0.1, 0.15) is 18.4 Å². The first kappa shape index (κ1) is 12.8. The summed E-state index contributed by atoms with van der Waals surface area (Å²) in [6, 6.07) is 1.97. The molecule has 1 aliphatic heterocycles. The van der Waals surface area contributed by atoms with Crippen LogP contribution >= 0.6 is 15.9 Å². The molecular weight excluding hydrogens is 284 g/mol. The lowest BCUT2D eigenvalue weighted by Gasteiger charge is -2.32. The zero-order valence-electron chi connectivity index (χ0n) is 9.87. The molecule has 0 bridgehead atoms. The van der Waals surface area contributed by atoms with Gasteiger partial charge in [-0.1, -0.05) is 0 Å². The van der Waals surface area contributed by atoms with Crippen molar-refractivity contribution < 1.29 is 9.84 Å². The fraction of sp³-hybridized carbons (Fsp3) is 0.583. The van der Waals surface area contributed by atoms with E-state index >= 15 is 0 Å². The second kappa shape index (κ2) is 5.33. The van der Waals surface area contributed by atoms with E-state index in [-0.39, 0.29) is 0 Å². The summed E-state index contributed by atoms with van der Waals surface area (Å²) in [6.45, 7) is 3.79. The number of ether oxygens (including phenoxy) is 1. The van der Waals surface area contributed by atoms with Crippen molar-refractivity contribution in [2.24, 2.45) is 0 Å². The third kappa shape index (κ3) is 3.40. The van der Waals surface area contributed by atoms with E-state index < -0.39 is 5.60 Å². The summed E-state index contributed by atoms with van der Waals surface area (Å²) in [5.41, 5.74) is 0.461. The maximum Gasteiger partial charge on any atom is 0.126 e. The van der Waals surface area contributed by atoms with Crippen LogP contribution in [0.4, 0.5) is 5.82 Å². The van der Waals surface area contributed by atoms with E-state index in [1.165, 1.54) is 0 Å². The van der Waals surface area contributed by atoms with Gasteiger partial charge < -0.3 is 15.2 Å². The summed E-state index contributed by atoms with van der Waals surface area (Å²) in [7, 11) is 0. The van der Waals surface area contributed by atoms with Crippen LogP contribution in [-0.4, -0.2) is 35.5 Å². The molecule has 94 valence electrons. The molecule has 1 aromatic rings. The van der Waals surface area contributed by atoms with E-state index in [0.717, 1.165) is 15.9 Å². The van der Waals surface area contributed by atoms with Gasteiger partial charge in [-0.2, -0.15) is 0 Å². The second-order valence-corrected chi connectivity index (χ2v) is 5.36. The van der Waals surface area contributed by atoms with E-state index in [1.54, 1.807) is 6.20 Å². The topological polar surface area (TPSA) is 54.4 Å². The molecule has 1 aromatic heterocycles. The van der Waals surface area contributed by atoms with Gasteiger partial charge in [0.2, 0.25) is 0 Å². The van der Waals surface area contributed by atoms with Crippen molar-refractivity contribution in [2.45, 2.75) is 25.4 Å². The Kier molecular flexibility index (Phi) is 4.01. The van der Waals surface area contributed by atoms with Gasteiger partial charge in [0.25, 0.3) is 0 Å². The zero-order chi connectivity index (χ0) is 12.3. The molecule has 0 radical (unpaired) electrons.